The van der Waals surface area contributed by atoms with Crippen LogP contribution in [-0.2, 0) is 25.8 Å². The predicted octanol–water partition coefficient (Wildman–Crippen LogP) is 3.73. The summed E-state index contributed by atoms with van der Waals surface area (Å²) in [4.78, 5) is 64.0. The van der Waals surface area contributed by atoms with E-state index in [1.807, 2.05) is 35.2 Å². The Morgan fingerprint density at radius 3 is 2.26 bits per heavy atom. The molecule has 5 amide bonds. The minimum absolute atomic E-state index is 0.0495. The smallest absolute Gasteiger partial charge is 0.327 e. The van der Waals surface area contributed by atoms with Gasteiger partial charge in [0.05, 0.1) is 18.4 Å². The van der Waals surface area contributed by atoms with E-state index in [1.165, 1.54) is 4.90 Å². The van der Waals surface area contributed by atoms with Crippen LogP contribution in [0.4, 0.5) is 4.79 Å². The van der Waals surface area contributed by atoms with Gasteiger partial charge in [0.25, 0.3) is 5.91 Å². The summed E-state index contributed by atoms with van der Waals surface area (Å²) in [6.45, 7) is 4.76. The first-order chi connectivity index (χ1) is 18.2. The summed E-state index contributed by atoms with van der Waals surface area (Å²) in [6.07, 6.45) is 7.85. The first kappa shape index (κ1) is 28.1. The molecule has 0 spiro atoms. The molecule has 2 aliphatic heterocycles. The first-order valence-electron chi connectivity index (χ1n) is 14.0. The third-order valence-electron chi connectivity index (χ3n) is 8.63. The number of amides is 5. The second-order valence-electron chi connectivity index (χ2n) is 11.5. The van der Waals surface area contributed by atoms with Crippen LogP contribution in [0.2, 0.25) is 0 Å². The second kappa shape index (κ2) is 12.3. The van der Waals surface area contributed by atoms with Crippen LogP contribution in [-0.4, -0.2) is 70.7 Å². The monoisotopic (exact) mass is 526 g/mol. The van der Waals surface area contributed by atoms with Crippen molar-refractivity contribution in [1.29, 1.82) is 0 Å². The molecule has 1 aromatic carbocycles. The fraction of sp³-hybridized carbons (Fsp3) is 0.655. The van der Waals surface area contributed by atoms with Gasteiger partial charge < -0.3 is 9.80 Å². The maximum absolute atomic E-state index is 14.0. The van der Waals surface area contributed by atoms with Crippen molar-refractivity contribution in [3.8, 4) is 0 Å². The zero-order chi connectivity index (χ0) is 27.3. The Morgan fingerprint density at radius 1 is 1.00 bits per heavy atom. The molecule has 208 valence electrons. The number of urea groups is 1. The van der Waals surface area contributed by atoms with Gasteiger partial charge in [0.2, 0.25) is 11.8 Å². The molecular weight excluding hydrogens is 484 g/mol. The Bertz CT molecular complexity index is 1000. The molecule has 1 saturated carbocycles. The lowest BCUT2D eigenvalue weighted by Crippen LogP contribution is -2.51. The van der Waals surface area contributed by atoms with Crippen molar-refractivity contribution < 1.29 is 24.0 Å². The number of rotatable bonds is 10. The average Bonchev–Trinajstić information content (AvgIpc) is 3.49. The highest BCUT2D eigenvalue weighted by molar-refractivity contribution is 6.06. The molecule has 0 radical (unpaired) electrons. The van der Waals surface area contributed by atoms with Crippen molar-refractivity contribution in [1.82, 2.24) is 20.2 Å². The highest BCUT2D eigenvalue weighted by Crippen LogP contribution is 2.36. The zero-order valence-corrected chi connectivity index (χ0v) is 23.0. The lowest BCUT2D eigenvalue weighted by atomic mass is 9.81. The average molecular weight is 527 g/mol. The number of carbonyl (C=O) groups is 4. The van der Waals surface area contributed by atoms with Crippen molar-refractivity contribution in [2.24, 2.45) is 17.8 Å². The molecule has 4 rings (SSSR count). The molecule has 9 heteroatoms. The van der Waals surface area contributed by atoms with Crippen LogP contribution in [0, 0.1) is 17.8 Å². The molecule has 2 heterocycles. The Morgan fingerprint density at radius 2 is 1.66 bits per heavy atom. The molecule has 9 nitrogen and oxygen atoms in total. The van der Waals surface area contributed by atoms with Crippen LogP contribution in [0.3, 0.4) is 0 Å². The number of hydrogen-bond acceptors (Lipinski definition) is 5. The standard InChI is InChI=1S/C29H42N4O5/c1-29(2)27(36)33(28(37)31(29)3)19-24(25(34)30-38-20-22-14-6-4-7-15-22)23(18-21-12-8-9-13-21)26(35)32-16-10-5-11-17-32/h4,6-7,14-15,21,23-24H,5,8-13,16-20H2,1-3H3,(H,30,34)/t23?,24-/m0/s1. The number of carbonyl (C=O) groups excluding carboxylic acids is 4. The number of likely N-dealkylation sites (tertiary alicyclic amines) is 1. The van der Waals surface area contributed by atoms with Crippen LogP contribution in [0.1, 0.15) is 70.8 Å². The Hall–Kier alpha value is -2.94. The quantitative estimate of drug-likeness (QED) is 0.370. The predicted molar refractivity (Wildman–Crippen MR) is 142 cm³/mol. The van der Waals surface area contributed by atoms with E-state index >= 15 is 0 Å². The summed E-state index contributed by atoms with van der Waals surface area (Å²) in [7, 11) is 1.59. The van der Waals surface area contributed by atoms with Gasteiger partial charge >= 0.3 is 6.03 Å². The van der Waals surface area contributed by atoms with Gasteiger partial charge in [-0.15, -0.1) is 0 Å². The van der Waals surface area contributed by atoms with E-state index in [-0.39, 0.29) is 25.0 Å². The molecule has 1 aromatic rings. The van der Waals surface area contributed by atoms with Crippen LogP contribution in [0.25, 0.3) is 0 Å². The van der Waals surface area contributed by atoms with E-state index in [1.54, 1.807) is 20.9 Å². The number of piperidine rings is 1. The number of nitrogens with zero attached hydrogens (tertiary/aromatic N) is 3. The summed E-state index contributed by atoms with van der Waals surface area (Å²) in [6, 6.07) is 9.02. The molecule has 1 aliphatic carbocycles. The third kappa shape index (κ3) is 6.20. The van der Waals surface area contributed by atoms with Gasteiger partial charge in [0, 0.05) is 26.7 Å². The number of hydrogen-bond donors (Lipinski definition) is 1. The Balaban J connectivity index is 1.59. The van der Waals surface area contributed by atoms with Gasteiger partial charge in [-0.2, -0.15) is 0 Å². The van der Waals surface area contributed by atoms with Crippen molar-refractivity contribution in [3.05, 3.63) is 35.9 Å². The minimum atomic E-state index is -1.01. The molecule has 2 saturated heterocycles. The summed E-state index contributed by atoms with van der Waals surface area (Å²) in [5.41, 5.74) is 2.44. The fourth-order valence-electron chi connectivity index (χ4n) is 5.96. The van der Waals surface area contributed by atoms with Crippen molar-refractivity contribution in [3.63, 3.8) is 0 Å². The van der Waals surface area contributed by atoms with Crippen molar-refractivity contribution in [2.45, 2.75) is 77.4 Å². The van der Waals surface area contributed by atoms with Crippen molar-refractivity contribution >= 4 is 23.8 Å². The Labute approximate surface area is 225 Å². The molecule has 0 bridgehead atoms. The molecule has 38 heavy (non-hydrogen) atoms. The lowest BCUT2D eigenvalue weighted by molar-refractivity contribution is -0.150. The van der Waals surface area contributed by atoms with Gasteiger partial charge in [-0.3, -0.25) is 24.1 Å². The summed E-state index contributed by atoms with van der Waals surface area (Å²) in [5.74, 6) is -2.08. The van der Waals surface area contributed by atoms with Gasteiger partial charge in [-0.1, -0.05) is 56.0 Å². The molecule has 1 N–H and O–H groups in total. The van der Waals surface area contributed by atoms with Gasteiger partial charge in [-0.05, 0) is 51.0 Å². The summed E-state index contributed by atoms with van der Waals surface area (Å²) in [5, 5.41) is 0. The Kier molecular flexibility index (Phi) is 9.07. The normalized spacial score (nSPS) is 21.6. The summed E-state index contributed by atoms with van der Waals surface area (Å²) >= 11 is 0. The molecule has 3 fully saturated rings. The van der Waals surface area contributed by atoms with E-state index in [4.69, 9.17) is 4.84 Å². The molecule has 1 unspecified atom stereocenters. The maximum atomic E-state index is 14.0. The summed E-state index contributed by atoms with van der Waals surface area (Å²) < 4.78 is 0. The van der Waals surface area contributed by atoms with E-state index in [0.29, 0.717) is 25.4 Å². The van der Waals surface area contributed by atoms with Crippen molar-refractivity contribution in [2.75, 3.05) is 26.7 Å². The van der Waals surface area contributed by atoms with E-state index < -0.39 is 29.3 Å². The zero-order valence-electron chi connectivity index (χ0n) is 23.0. The number of hydroxylamine groups is 1. The maximum Gasteiger partial charge on any atom is 0.327 e. The van der Waals surface area contributed by atoms with Gasteiger partial charge in [0.15, 0.2) is 0 Å². The number of nitrogens with one attached hydrogen (secondary N) is 1. The highest BCUT2D eigenvalue weighted by atomic mass is 16.6. The lowest BCUT2D eigenvalue weighted by Gasteiger charge is -2.35. The van der Waals surface area contributed by atoms with Crippen LogP contribution < -0.4 is 5.48 Å². The number of likely N-dealkylation sites (N-methyl/N-ethyl adjacent to an activating group) is 1. The van der Waals surface area contributed by atoms with Gasteiger partial charge in [-0.25, -0.2) is 10.3 Å². The first-order valence-corrected chi connectivity index (χ1v) is 14.0. The van der Waals surface area contributed by atoms with E-state index in [2.05, 4.69) is 5.48 Å². The molecule has 0 aromatic heterocycles. The van der Waals surface area contributed by atoms with E-state index in [0.717, 1.165) is 55.4 Å². The van der Waals surface area contributed by atoms with Crippen LogP contribution >= 0.6 is 0 Å². The topological polar surface area (TPSA) is 99.3 Å². The minimum Gasteiger partial charge on any atom is -0.342 e. The molecule has 2 atom stereocenters. The number of benzene rings is 1. The SMILES string of the molecule is CN1C(=O)N(C[C@H](C(=O)NOCc2ccccc2)C(CC2CCCC2)C(=O)N2CCCCC2)C(=O)C1(C)C. The van der Waals surface area contributed by atoms with Crippen LogP contribution in [0.5, 0.6) is 0 Å². The number of imide groups is 1. The molecular formula is C29H42N4O5. The van der Waals surface area contributed by atoms with Gasteiger partial charge in [0.1, 0.15) is 5.54 Å². The van der Waals surface area contributed by atoms with E-state index in [9.17, 15) is 19.2 Å². The largest absolute Gasteiger partial charge is 0.342 e. The second-order valence-corrected chi connectivity index (χ2v) is 11.5. The fourth-order valence-corrected chi connectivity index (χ4v) is 5.96. The molecule has 3 aliphatic rings. The third-order valence-corrected chi connectivity index (χ3v) is 8.63. The highest BCUT2D eigenvalue weighted by Gasteiger charge is 2.51. The van der Waals surface area contributed by atoms with Crippen LogP contribution in [0.15, 0.2) is 30.3 Å².